The summed E-state index contributed by atoms with van der Waals surface area (Å²) in [4.78, 5) is 14.9. The molecule has 84 valence electrons. The van der Waals surface area contributed by atoms with Crippen molar-refractivity contribution in [3.63, 3.8) is 0 Å². The van der Waals surface area contributed by atoms with E-state index in [1.165, 1.54) is 0 Å². The number of rotatable bonds is 4. The molecule has 0 spiro atoms. The number of carbonyl (C=O) groups excluding carboxylic acids is 1. The van der Waals surface area contributed by atoms with Crippen LogP contribution in [-0.2, 0) is 11.3 Å². The molecule has 0 atom stereocenters. The summed E-state index contributed by atoms with van der Waals surface area (Å²) in [6.07, 6.45) is 2.88. The minimum Gasteiger partial charge on any atom is -0.399 e. The fraction of sp³-hybridized carbons (Fsp3) is 0.273. The fourth-order valence-corrected chi connectivity index (χ4v) is 1.68. The van der Waals surface area contributed by atoms with Crippen molar-refractivity contribution in [2.24, 2.45) is 5.73 Å². The molecule has 0 radical (unpaired) electrons. The van der Waals surface area contributed by atoms with Crippen molar-refractivity contribution >= 4 is 22.6 Å². The average Bonchev–Trinajstić information content (AvgIpc) is 2.60. The van der Waals surface area contributed by atoms with Gasteiger partial charge in [0.2, 0.25) is 5.91 Å². The predicted octanol–water partition coefficient (Wildman–Crippen LogP) is 0.884. The molecule has 0 saturated carbocycles. The molecule has 5 heteroatoms. The maximum atomic E-state index is 10.6. The average molecular weight is 218 g/mol. The fourth-order valence-electron chi connectivity index (χ4n) is 1.68. The highest BCUT2D eigenvalue weighted by atomic mass is 16.1. The lowest BCUT2D eigenvalue weighted by Gasteiger charge is -2.02. The number of anilines is 1. The number of imidazole rings is 1. The van der Waals surface area contributed by atoms with Gasteiger partial charge in [-0.2, -0.15) is 0 Å². The molecule has 0 bridgehead atoms. The number of aryl methyl sites for hydroxylation is 1. The van der Waals surface area contributed by atoms with Crippen molar-refractivity contribution in [2.75, 3.05) is 5.73 Å². The predicted molar refractivity (Wildman–Crippen MR) is 62.6 cm³/mol. The Labute approximate surface area is 93.1 Å². The van der Waals surface area contributed by atoms with Crippen molar-refractivity contribution in [1.29, 1.82) is 0 Å². The highest BCUT2D eigenvalue weighted by Crippen LogP contribution is 2.16. The van der Waals surface area contributed by atoms with Gasteiger partial charge in [-0.3, -0.25) is 4.79 Å². The Morgan fingerprint density at radius 1 is 1.44 bits per heavy atom. The van der Waals surface area contributed by atoms with Gasteiger partial charge in [0.05, 0.1) is 17.4 Å². The zero-order valence-corrected chi connectivity index (χ0v) is 8.89. The number of aromatic nitrogens is 2. The minimum atomic E-state index is -0.270. The number of hydrogen-bond acceptors (Lipinski definition) is 3. The Morgan fingerprint density at radius 2 is 2.25 bits per heavy atom. The molecule has 0 fully saturated rings. The highest BCUT2D eigenvalue weighted by molar-refractivity contribution is 5.79. The van der Waals surface area contributed by atoms with Gasteiger partial charge in [0, 0.05) is 18.7 Å². The van der Waals surface area contributed by atoms with Gasteiger partial charge in [-0.15, -0.1) is 0 Å². The van der Waals surface area contributed by atoms with Gasteiger partial charge in [0.25, 0.3) is 0 Å². The van der Waals surface area contributed by atoms with E-state index in [9.17, 15) is 4.79 Å². The van der Waals surface area contributed by atoms with Crippen LogP contribution in [0.3, 0.4) is 0 Å². The van der Waals surface area contributed by atoms with Crippen LogP contribution >= 0.6 is 0 Å². The number of hydrogen-bond donors (Lipinski definition) is 2. The third-order valence-corrected chi connectivity index (χ3v) is 2.47. The molecule has 1 amide bonds. The zero-order valence-electron chi connectivity index (χ0n) is 8.89. The van der Waals surface area contributed by atoms with E-state index in [1.54, 1.807) is 6.33 Å². The molecular weight excluding hydrogens is 204 g/mol. The Bertz CT molecular complexity index is 518. The Morgan fingerprint density at radius 3 is 3.00 bits per heavy atom. The normalized spacial score (nSPS) is 10.8. The van der Waals surface area contributed by atoms with Crippen LogP contribution < -0.4 is 11.5 Å². The van der Waals surface area contributed by atoms with Crippen molar-refractivity contribution < 1.29 is 4.79 Å². The number of fused-ring (bicyclic) bond motifs is 1. The van der Waals surface area contributed by atoms with E-state index in [-0.39, 0.29) is 5.91 Å². The van der Waals surface area contributed by atoms with Gasteiger partial charge in [0.15, 0.2) is 0 Å². The third kappa shape index (κ3) is 2.13. The molecule has 1 heterocycles. The van der Waals surface area contributed by atoms with Gasteiger partial charge in [-0.25, -0.2) is 4.98 Å². The summed E-state index contributed by atoms with van der Waals surface area (Å²) in [7, 11) is 0. The van der Waals surface area contributed by atoms with E-state index < -0.39 is 0 Å². The van der Waals surface area contributed by atoms with Gasteiger partial charge in [0.1, 0.15) is 0 Å². The first-order chi connectivity index (χ1) is 7.66. The Kier molecular flexibility index (Phi) is 2.76. The summed E-state index contributed by atoms with van der Waals surface area (Å²) in [5, 5.41) is 0. The van der Waals surface area contributed by atoms with E-state index in [0.717, 1.165) is 24.0 Å². The lowest BCUT2D eigenvalue weighted by Crippen LogP contribution is -2.11. The maximum Gasteiger partial charge on any atom is 0.217 e. The molecule has 1 aromatic carbocycles. The molecule has 0 unspecified atom stereocenters. The third-order valence-electron chi connectivity index (χ3n) is 2.47. The number of nitrogen functional groups attached to an aromatic ring is 1. The molecule has 0 saturated heterocycles. The van der Waals surface area contributed by atoms with Crippen LogP contribution in [0.2, 0.25) is 0 Å². The summed E-state index contributed by atoms with van der Waals surface area (Å²) < 4.78 is 2.00. The second-order valence-electron chi connectivity index (χ2n) is 3.76. The molecule has 5 nitrogen and oxygen atoms in total. The first-order valence-corrected chi connectivity index (χ1v) is 5.15. The van der Waals surface area contributed by atoms with Crippen LogP contribution in [0, 0.1) is 0 Å². The second-order valence-corrected chi connectivity index (χ2v) is 3.76. The summed E-state index contributed by atoms with van der Waals surface area (Å²) >= 11 is 0. The number of benzene rings is 1. The topological polar surface area (TPSA) is 86.9 Å². The van der Waals surface area contributed by atoms with Gasteiger partial charge in [-0.1, -0.05) is 0 Å². The van der Waals surface area contributed by atoms with Crippen molar-refractivity contribution in [3.05, 3.63) is 24.5 Å². The van der Waals surface area contributed by atoms with Crippen molar-refractivity contribution in [2.45, 2.75) is 19.4 Å². The minimum absolute atomic E-state index is 0.270. The molecular formula is C11H14N4O. The van der Waals surface area contributed by atoms with E-state index in [4.69, 9.17) is 11.5 Å². The molecule has 0 aliphatic heterocycles. The van der Waals surface area contributed by atoms with E-state index >= 15 is 0 Å². The number of nitrogens with zero attached hydrogens (tertiary/aromatic N) is 2. The number of amides is 1. The van der Waals surface area contributed by atoms with E-state index in [1.807, 2.05) is 22.8 Å². The first-order valence-electron chi connectivity index (χ1n) is 5.15. The van der Waals surface area contributed by atoms with Crippen molar-refractivity contribution in [1.82, 2.24) is 9.55 Å². The van der Waals surface area contributed by atoms with E-state index in [0.29, 0.717) is 12.1 Å². The molecule has 0 aliphatic rings. The molecule has 2 aromatic rings. The Balaban J connectivity index is 2.15. The monoisotopic (exact) mass is 218 g/mol. The van der Waals surface area contributed by atoms with Gasteiger partial charge in [-0.05, 0) is 24.6 Å². The lowest BCUT2D eigenvalue weighted by molar-refractivity contribution is -0.118. The van der Waals surface area contributed by atoms with Crippen LogP contribution in [0.15, 0.2) is 24.5 Å². The van der Waals surface area contributed by atoms with E-state index in [2.05, 4.69) is 4.98 Å². The highest BCUT2D eigenvalue weighted by Gasteiger charge is 2.03. The van der Waals surface area contributed by atoms with Crippen molar-refractivity contribution in [3.8, 4) is 0 Å². The summed E-state index contributed by atoms with van der Waals surface area (Å²) in [5.41, 5.74) is 13.4. The summed E-state index contributed by atoms with van der Waals surface area (Å²) in [5.74, 6) is -0.270. The van der Waals surface area contributed by atoms with Gasteiger partial charge >= 0.3 is 0 Å². The molecule has 0 aliphatic carbocycles. The standard InChI is InChI=1S/C11H14N4O/c12-8-3-4-10-9(6-8)14-7-15(10)5-1-2-11(13)16/h3-4,6-7H,1-2,5,12H2,(H2,13,16). The van der Waals surface area contributed by atoms with Crippen LogP contribution in [0.4, 0.5) is 5.69 Å². The molecule has 16 heavy (non-hydrogen) atoms. The zero-order chi connectivity index (χ0) is 11.5. The molecule has 4 N–H and O–H groups in total. The number of nitrogens with two attached hydrogens (primary N) is 2. The SMILES string of the molecule is NC(=O)CCCn1cnc2cc(N)ccc21. The lowest BCUT2D eigenvalue weighted by atomic mass is 10.2. The largest absolute Gasteiger partial charge is 0.399 e. The quantitative estimate of drug-likeness (QED) is 0.747. The second kappa shape index (κ2) is 4.22. The number of carbonyl (C=O) groups is 1. The van der Waals surface area contributed by atoms with Crippen LogP contribution in [0.5, 0.6) is 0 Å². The Hall–Kier alpha value is -2.04. The van der Waals surface area contributed by atoms with Gasteiger partial charge < -0.3 is 16.0 Å². The summed E-state index contributed by atoms with van der Waals surface area (Å²) in [6, 6.07) is 5.61. The summed E-state index contributed by atoms with van der Waals surface area (Å²) in [6.45, 7) is 0.739. The maximum absolute atomic E-state index is 10.6. The number of primary amides is 1. The van der Waals surface area contributed by atoms with Crippen LogP contribution in [0.1, 0.15) is 12.8 Å². The first kappa shape index (κ1) is 10.5. The smallest absolute Gasteiger partial charge is 0.217 e. The molecule has 2 rings (SSSR count). The van der Waals surface area contributed by atoms with Crippen LogP contribution in [-0.4, -0.2) is 15.5 Å². The van der Waals surface area contributed by atoms with Crippen LogP contribution in [0.25, 0.3) is 11.0 Å². The molecule has 1 aromatic heterocycles.